The van der Waals surface area contributed by atoms with Gasteiger partial charge in [0.15, 0.2) is 0 Å². The minimum atomic E-state index is -4.67. The van der Waals surface area contributed by atoms with E-state index in [1.54, 1.807) is 25.1 Å². The average Bonchev–Trinajstić information content (AvgIpc) is 3.24. The van der Waals surface area contributed by atoms with Crippen LogP contribution in [-0.4, -0.2) is 92.2 Å². The van der Waals surface area contributed by atoms with Gasteiger partial charge in [0.25, 0.3) is 0 Å². The number of methoxy groups -OCH3 is 1. The average molecular weight is 653 g/mol. The molecule has 3 aliphatic heterocycles. The fourth-order valence-corrected chi connectivity index (χ4v) is 7.14. The normalized spacial score (nSPS) is 19.2. The van der Waals surface area contributed by atoms with Gasteiger partial charge in [0, 0.05) is 69.5 Å². The molecule has 2 aromatic carbocycles. The number of ether oxygens (including phenoxy) is 1. The van der Waals surface area contributed by atoms with Crippen molar-refractivity contribution in [3.05, 3.63) is 59.3 Å². The summed E-state index contributed by atoms with van der Waals surface area (Å²) in [6.45, 7) is 9.79. The predicted octanol–water partition coefficient (Wildman–Crippen LogP) is 5.33. The molecule has 0 bridgehead atoms. The van der Waals surface area contributed by atoms with E-state index in [2.05, 4.69) is 42.3 Å². The topological polar surface area (TPSA) is 89.1 Å². The number of piperazine rings is 1. The number of fused-ring (bicyclic) bond motifs is 1. The van der Waals surface area contributed by atoms with E-state index in [-0.39, 0.29) is 24.2 Å². The zero-order chi connectivity index (χ0) is 33.5. The number of aromatic nitrogens is 2. The predicted molar refractivity (Wildman–Crippen MR) is 178 cm³/mol. The molecule has 6 rings (SSSR count). The van der Waals surface area contributed by atoms with Gasteiger partial charge < -0.3 is 30.1 Å². The maximum atomic E-state index is 14.0. The summed E-state index contributed by atoms with van der Waals surface area (Å²) in [5.74, 6) is 0.0985. The number of anilines is 5. The Morgan fingerprint density at radius 1 is 1.02 bits per heavy atom. The first-order valence-electron chi connectivity index (χ1n) is 16.1. The summed E-state index contributed by atoms with van der Waals surface area (Å²) in [6, 6.07) is 11.9. The first-order valence-corrected chi connectivity index (χ1v) is 16.1. The summed E-state index contributed by atoms with van der Waals surface area (Å²) in [7, 11) is 5.45. The Kier molecular flexibility index (Phi) is 8.96. The summed E-state index contributed by atoms with van der Waals surface area (Å²) >= 11 is 0. The quantitative estimate of drug-likeness (QED) is 0.335. The number of nitrogens with zero attached hydrogens (tertiary/aromatic N) is 6. The van der Waals surface area contributed by atoms with Crippen LogP contribution in [0.5, 0.6) is 5.75 Å². The van der Waals surface area contributed by atoms with Gasteiger partial charge in [0.1, 0.15) is 17.1 Å². The largest absolute Gasteiger partial charge is 0.494 e. The smallest absolute Gasteiger partial charge is 0.421 e. The molecule has 13 heteroatoms. The molecule has 3 aromatic rings. The zero-order valence-corrected chi connectivity index (χ0v) is 27.6. The minimum absolute atomic E-state index is 0.00757. The molecule has 0 unspecified atom stereocenters. The fourth-order valence-electron chi connectivity index (χ4n) is 7.14. The summed E-state index contributed by atoms with van der Waals surface area (Å²) < 4.78 is 47.8. The van der Waals surface area contributed by atoms with Gasteiger partial charge in [-0.1, -0.05) is 12.1 Å². The SMILES string of the molecule is COc1cc(N2CCN(C3CCN(C)CC3)CC2)ccc1Nc1ncc(C(F)(F)F)c(NCc2cccc3c2C(C)(C)C(=O)N3C)n1. The number of hydrogen-bond acceptors (Lipinski definition) is 9. The van der Waals surface area contributed by atoms with E-state index < -0.39 is 17.2 Å². The molecule has 4 heterocycles. The van der Waals surface area contributed by atoms with E-state index in [0.717, 1.165) is 68.0 Å². The van der Waals surface area contributed by atoms with Crippen LogP contribution < -0.4 is 25.2 Å². The number of amides is 1. The highest BCUT2D eigenvalue weighted by Crippen LogP contribution is 2.43. The van der Waals surface area contributed by atoms with E-state index in [1.807, 2.05) is 44.2 Å². The van der Waals surface area contributed by atoms with E-state index in [9.17, 15) is 18.0 Å². The first-order chi connectivity index (χ1) is 22.4. The molecular weight excluding hydrogens is 609 g/mol. The summed E-state index contributed by atoms with van der Waals surface area (Å²) in [4.78, 5) is 30.0. The lowest BCUT2D eigenvalue weighted by molar-refractivity contribution is -0.137. The molecule has 47 heavy (non-hydrogen) atoms. The molecule has 2 fully saturated rings. The minimum Gasteiger partial charge on any atom is -0.494 e. The van der Waals surface area contributed by atoms with E-state index in [1.165, 1.54) is 12.8 Å². The highest BCUT2D eigenvalue weighted by atomic mass is 19.4. The standard InChI is InChI=1S/C34H43F3N8O2/c1-33(2)29-22(7-6-8-27(29)43(4)31(33)46)20-38-30-25(34(35,36)37)21-39-32(41-30)40-26-10-9-24(19-28(26)47-5)45-17-15-44(16-18-45)23-11-13-42(3)14-12-23/h6-10,19,21,23H,11-18,20H2,1-5H3,(H2,38,39,40,41). The number of alkyl halides is 3. The molecule has 2 saturated heterocycles. The number of piperidine rings is 1. The van der Waals surface area contributed by atoms with Crippen LogP contribution in [0, 0.1) is 0 Å². The number of hydrogen-bond donors (Lipinski definition) is 2. The Bertz CT molecular complexity index is 1620. The third kappa shape index (κ3) is 6.55. The van der Waals surface area contributed by atoms with Crippen LogP contribution in [0.2, 0.25) is 0 Å². The van der Waals surface area contributed by atoms with Gasteiger partial charge in [-0.25, -0.2) is 4.98 Å². The number of nitrogens with one attached hydrogen (secondary N) is 2. The number of halogens is 3. The molecule has 10 nitrogen and oxygen atoms in total. The van der Waals surface area contributed by atoms with Crippen LogP contribution in [0.25, 0.3) is 0 Å². The highest BCUT2D eigenvalue weighted by molar-refractivity contribution is 6.07. The highest BCUT2D eigenvalue weighted by Gasteiger charge is 2.44. The Balaban J connectivity index is 1.18. The summed E-state index contributed by atoms with van der Waals surface area (Å²) in [5.41, 5.74) is 2.02. The molecule has 252 valence electrons. The van der Waals surface area contributed by atoms with Crippen LogP contribution in [0.3, 0.4) is 0 Å². The van der Waals surface area contributed by atoms with Crippen molar-refractivity contribution < 1.29 is 22.7 Å². The van der Waals surface area contributed by atoms with E-state index in [4.69, 9.17) is 4.74 Å². The lowest BCUT2D eigenvalue weighted by Crippen LogP contribution is -2.53. The molecule has 0 radical (unpaired) electrons. The number of benzene rings is 2. The maximum Gasteiger partial charge on any atom is 0.421 e. The third-order valence-corrected chi connectivity index (χ3v) is 9.81. The molecule has 0 saturated carbocycles. The second-order valence-corrected chi connectivity index (χ2v) is 13.2. The third-order valence-electron chi connectivity index (χ3n) is 9.81. The van der Waals surface area contributed by atoms with Crippen LogP contribution >= 0.6 is 0 Å². The second kappa shape index (κ2) is 12.8. The Morgan fingerprint density at radius 3 is 2.43 bits per heavy atom. The Labute approximate surface area is 273 Å². The van der Waals surface area contributed by atoms with Crippen LogP contribution in [0.1, 0.15) is 43.4 Å². The molecule has 1 aromatic heterocycles. The van der Waals surface area contributed by atoms with Crippen LogP contribution in [0.4, 0.5) is 42.0 Å². The lowest BCUT2D eigenvalue weighted by Gasteiger charge is -2.43. The van der Waals surface area contributed by atoms with Gasteiger partial charge in [0.2, 0.25) is 11.9 Å². The molecule has 0 aliphatic carbocycles. The maximum absolute atomic E-state index is 14.0. The number of likely N-dealkylation sites (tertiary alicyclic amines) is 1. The zero-order valence-electron chi connectivity index (χ0n) is 27.6. The Morgan fingerprint density at radius 2 is 1.74 bits per heavy atom. The number of carbonyl (C=O) groups is 1. The van der Waals surface area contributed by atoms with Crippen molar-refractivity contribution in [3.8, 4) is 5.75 Å². The molecule has 3 aliphatic rings. The monoisotopic (exact) mass is 652 g/mol. The number of rotatable bonds is 8. The van der Waals surface area contributed by atoms with Gasteiger partial charge in [-0.15, -0.1) is 0 Å². The summed E-state index contributed by atoms with van der Waals surface area (Å²) in [6.07, 6.45) is -1.48. The van der Waals surface area contributed by atoms with Crippen LogP contribution in [-0.2, 0) is 22.9 Å². The number of carbonyl (C=O) groups excluding carboxylic acids is 1. The van der Waals surface area contributed by atoms with Crippen LogP contribution in [0.15, 0.2) is 42.6 Å². The molecule has 1 amide bonds. The second-order valence-electron chi connectivity index (χ2n) is 13.2. The molecule has 0 spiro atoms. The molecule has 2 N–H and O–H groups in total. The molecule has 0 atom stereocenters. The van der Waals surface area contributed by atoms with Gasteiger partial charge in [-0.2, -0.15) is 18.2 Å². The first kappa shape index (κ1) is 32.8. The number of likely N-dealkylation sites (N-methyl/N-ethyl adjacent to an activating group) is 1. The Hall–Kier alpha value is -4.10. The van der Waals surface area contributed by atoms with Crippen molar-refractivity contribution in [2.45, 2.75) is 50.9 Å². The van der Waals surface area contributed by atoms with Crippen molar-refractivity contribution in [2.24, 2.45) is 0 Å². The summed E-state index contributed by atoms with van der Waals surface area (Å²) in [5, 5.41) is 5.94. The van der Waals surface area contributed by atoms with E-state index >= 15 is 0 Å². The van der Waals surface area contributed by atoms with E-state index in [0.29, 0.717) is 17.5 Å². The van der Waals surface area contributed by atoms with Crippen molar-refractivity contribution >= 4 is 34.7 Å². The van der Waals surface area contributed by atoms with Gasteiger partial charge in [-0.3, -0.25) is 9.69 Å². The van der Waals surface area contributed by atoms with Crippen molar-refractivity contribution in [1.29, 1.82) is 0 Å². The van der Waals surface area contributed by atoms with Crippen molar-refractivity contribution in [1.82, 2.24) is 19.8 Å². The lowest BCUT2D eigenvalue weighted by atomic mass is 9.83. The van der Waals surface area contributed by atoms with Gasteiger partial charge >= 0.3 is 6.18 Å². The van der Waals surface area contributed by atoms with Crippen molar-refractivity contribution in [3.63, 3.8) is 0 Å². The van der Waals surface area contributed by atoms with Gasteiger partial charge in [-0.05, 0) is 76.2 Å². The van der Waals surface area contributed by atoms with Crippen molar-refractivity contribution in [2.75, 3.05) is 80.9 Å². The molecular formula is C34H43F3N8O2. The fraction of sp³-hybridized carbons (Fsp3) is 0.500. The van der Waals surface area contributed by atoms with Gasteiger partial charge in [0.05, 0.1) is 18.2 Å².